The number of hydrogen-bond acceptors (Lipinski definition) is 7. The Balaban J connectivity index is 2.93. The van der Waals surface area contributed by atoms with Crippen molar-refractivity contribution in [2.45, 2.75) is 13.3 Å². The van der Waals surface area contributed by atoms with Gasteiger partial charge in [-0.1, -0.05) is 12.1 Å². The quantitative estimate of drug-likeness (QED) is 0.435. The maximum atomic E-state index is 11.0. The molecular weight excluding hydrogens is 294 g/mol. The lowest BCUT2D eigenvalue weighted by Gasteiger charge is -1.99. The van der Waals surface area contributed by atoms with E-state index in [-0.39, 0.29) is 23.1 Å². The van der Waals surface area contributed by atoms with Gasteiger partial charge in [-0.3, -0.25) is 4.72 Å². The Morgan fingerprint density at radius 3 is 2.84 bits per heavy atom. The van der Waals surface area contributed by atoms with Gasteiger partial charge < -0.3 is 9.94 Å². The molecule has 1 rings (SSSR count). The van der Waals surface area contributed by atoms with Crippen LogP contribution in [-0.2, 0) is 19.7 Å². The van der Waals surface area contributed by atoms with Gasteiger partial charge in [0.25, 0.3) is 0 Å². The van der Waals surface area contributed by atoms with Crippen LogP contribution >= 0.6 is 11.3 Å². The average molecular weight is 307 g/mol. The highest BCUT2D eigenvalue weighted by atomic mass is 32.2. The fourth-order valence-corrected chi connectivity index (χ4v) is 2.53. The number of nitrogens with one attached hydrogen (secondary N) is 1. The fourth-order valence-electron chi connectivity index (χ4n) is 0.985. The van der Waals surface area contributed by atoms with Gasteiger partial charge in [-0.05, 0) is 6.42 Å². The molecule has 1 aromatic heterocycles. The van der Waals surface area contributed by atoms with Gasteiger partial charge in [0.2, 0.25) is 15.7 Å². The van der Waals surface area contributed by atoms with Crippen LogP contribution in [0.15, 0.2) is 10.5 Å². The molecule has 19 heavy (non-hydrogen) atoms. The highest BCUT2D eigenvalue weighted by molar-refractivity contribution is 7.92. The molecule has 0 unspecified atom stereocenters. The number of carboxylic acids is 1. The predicted octanol–water partition coefficient (Wildman–Crippen LogP) is 0.730. The first-order valence-corrected chi connectivity index (χ1v) is 7.97. The zero-order chi connectivity index (χ0) is 14.5. The van der Waals surface area contributed by atoms with Crippen LogP contribution < -0.4 is 4.72 Å². The molecule has 8 nitrogen and oxygen atoms in total. The van der Waals surface area contributed by atoms with Crippen molar-refractivity contribution in [3.63, 3.8) is 0 Å². The highest BCUT2D eigenvalue weighted by Gasteiger charge is 2.18. The Labute approximate surface area is 114 Å². The molecule has 0 bridgehead atoms. The predicted molar refractivity (Wildman–Crippen MR) is 71.0 cm³/mol. The molecule has 0 aliphatic heterocycles. The zero-order valence-corrected chi connectivity index (χ0v) is 11.9. The molecule has 0 aliphatic rings. The number of carbonyl (C=O) groups is 1. The van der Waals surface area contributed by atoms with Crippen LogP contribution in [0.2, 0.25) is 0 Å². The molecule has 0 saturated carbocycles. The maximum Gasteiger partial charge on any atom is 0.360 e. The van der Waals surface area contributed by atoms with Gasteiger partial charge in [-0.15, -0.1) is 11.3 Å². The number of rotatable bonds is 7. The van der Waals surface area contributed by atoms with Crippen LogP contribution in [-0.4, -0.2) is 43.1 Å². The summed E-state index contributed by atoms with van der Waals surface area (Å²) in [5.74, 6) is -1.30. The lowest BCUT2D eigenvalue weighted by molar-refractivity contribution is -0.129. The van der Waals surface area contributed by atoms with Crippen molar-refractivity contribution in [2.24, 2.45) is 5.16 Å². The van der Waals surface area contributed by atoms with E-state index < -0.39 is 16.0 Å². The van der Waals surface area contributed by atoms with Crippen molar-refractivity contribution < 1.29 is 23.2 Å². The molecule has 0 saturated heterocycles. The standard InChI is InChI=1S/C9H13N3O5S2/c1-3-4-17-11-7(8(13)14)6-5-18-9(10-6)12-19(2,15)16/h5H,3-4H2,1-2H3,(H,10,12)(H,13,14). The minimum Gasteiger partial charge on any atom is -0.476 e. The second-order valence-corrected chi connectivity index (χ2v) is 6.10. The smallest absolute Gasteiger partial charge is 0.360 e. The minimum atomic E-state index is -3.45. The second kappa shape index (κ2) is 6.48. The number of nitrogens with zero attached hydrogens (tertiary/aromatic N) is 2. The molecule has 0 fully saturated rings. The third-order valence-corrected chi connectivity index (χ3v) is 3.12. The number of thiazole rings is 1. The fraction of sp³-hybridized carbons (Fsp3) is 0.444. The van der Waals surface area contributed by atoms with Crippen LogP contribution in [0.25, 0.3) is 0 Å². The van der Waals surface area contributed by atoms with Gasteiger partial charge in [0.15, 0.2) is 5.13 Å². The molecule has 0 radical (unpaired) electrons. The molecule has 0 aromatic carbocycles. The van der Waals surface area contributed by atoms with Crippen LogP contribution in [0.3, 0.4) is 0 Å². The maximum absolute atomic E-state index is 11.0. The van der Waals surface area contributed by atoms with Crippen molar-refractivity contribution in [1.82, 2.24) is 4.98 Å². The van der Waals surface area contributed by atoms with Crippen LogP contribution in [0, 0.1) is 0 Å². The minimum absolute atomic E-state index is 0.0414. The van der Waals surface area contributed by atoms with Crippen molar-refractivity contribution >= 4 is 38.2 Å². The molecule has 0 atom stereocenters. The number of carboxylic acid groups (broad SMARTS) is 1. The second-order valence-electron chi connectivity index (χ2n) is 3.49. The van der Waals surface area contributed by atoms with Gasteiger partial charge in [-0.25, -0.2) is 18.2 Å². The van der Waals surface area contributed by atoms with E-state index in [2.05, 4.69) is 14.9 Å². The van der Waals surface area contributed by atoms with Crippen molar-refractivity contribution in [3.8, 4) is 0 Å². The van der Waals surface area contributed by atoms with Crippen molar-refractivity contribution in [2.75, 3.05) is 17.6 Å². The van der Waals surface area contributed by atoms with Gasteiger partial charge in [0.05, 0.1) is 6.26 Å². The monoisotopic (exact) mass is 307 g/mol. The van der Waals surface area contributed by atoms with E-state index in [1.54, 1.807) is 0 Å². The Kier molecular flexibility index (Phi) is 5.24. The van der Waals surface area contributed by atoms with Gasteiger partial charge in [0.1, 0.15) is 12.3 Å². The van der Waals surface area contributed by atoms with Crippen LogP contribution in [0.1, 0.15) is 19.0 Å². The van der Waals surface area contributed by atoms with E-state index in [4.69, 9.17) is 9.94 Å². The number of anilines is 1. The summed E-state index contributed by atoms with van der Waals surface area (Å²) in [6, 6.07) is 0. The topological polar surface area (TPSA) is 118 Å². The summed E-state index contributed by atoms with van der Waals surface area (Å²) >= 11 is 0.960. The number of hydrogen-bond donors (Lipinski definition) is 2. The van der Waals surface area contributed by atoms with Crippen molar-refractivity contribution in [3.05, 3.63) is 11.1 Å². The molecular formula is C9H13N3O5S2. The van der Waals surface area contributed by atoms with Gasteiger partial charge in [0, 0.05) is 5.38 Å². The normalized spacial score (nSPS) is 12.2. The summed E-state index contributed by atoms with van der Waals surface area (Å²) in [4.78, 5) is 19.6. The van der Waals surface area contributed by atoms with E-state index in [0.29, 0.717) is 6.42 Å². The summed E-state index contributed by atoms with van der Waals surface area (Å²) in [6.45, 7) is 2.14. The molecule has 2 N–H and O–H groups in total. The number of sulfonamides is 1. The summed E-state index contributed by atoms with van der Waals surface area (Å²) in [6.07, 6.45) is 1.67. The van der Waals surface area contributed by atoms with E-state index in [1.807, 2.05) is 6.92 Å². The molecule has 106 valence electrons. The van der Waals surface area contributed by atoms with Crippen LogP contribution in [0.5, 0.6) is 0 Å². The Bertz CT molecular complexity index is 578. The number of aliphatic carboxylic acids is 1. The number of oxime groups is 1. The van der Waals surface area contributed by atoms with Crippen LogP contribution in [0.4, 0.5) is 5.13 Å². The summed E-state index contributed by atoms with van der Waals surface area (Å²) in [7, 11) is -3.45. The number of aromatic nitrogens is 1. The van der Waals surface area contributed by atoms with Gasteiger partial charge in [-0.2, -0.15) is 0 Å². The zero-order valence-electron chi connectivity index (χ0n) is 10.3. The first-order valence-electron chi connectivity index (χ1n) is 5.20. The third-order valence-electron chi connectivity index (χ3n) is 1.67. The first kappa shape index (κ1) is 15.4. The van der Waals surface area contributed by atoms with E-state index in [0.717, 1.165) is 17.6 Å². The third kappa shape index (κ3) is 5.22. The van der Waals surface area contributed by atoms with E-state index in [9.17, 15) is 13.2 Å². The SMILES string of the molecule is CCCON=C(C(=O)O)c1csc(NS(C)(=O)=O)n1. The molecule has 1 heterocycles. The summed E-state index contributed by atoms with van der Waals surface area (Å²) in [5.41, 5.74) is -0.328. The van der Waals surface area contributed by atoms with Crippen molar-refractivity contribution in [1.29, 1.82) is 0 Å². The lowest BCUT2D eigenvalue weighted by Crippen LogP contribution is -2.16. The molecule has 0 aliphatic carbocycles. The van der Waals surface area contributed by atoms with Gasteiger partial charge >= 0.3 is 5.97 Å². The highest BCUT2D eigenvalue weighted by Crippen LogP contribution is 2.17. The Morgan fingerprint density at radius 2 is 2.32 bits per heavy atom. The average Bonchev–Trinajstić information content (AvgIpc) is 2.69. The summed E-state index contributed by atoms with van der Waals surface area (Å²) in [5, 5.41) is 13.9. The van der Waals surface area contributed by atoms with E-state index in [1.165, 1.54) is 5.38 Å². The molecule has 1 aromatic rings. The Hall–Kier alpha value is -1.68. The lowest BCUT2D eigenvalue weighted by atomic mass is 10.3. The molecule has 0 amide bonds. The molecule has 0 spiro atoms. The Morgan fingerprint density at radius 1 is 1.63 bits per heavy atom. The summed E-state index contributed by atoms with van der Waals surface area (Å²) < 4.78 is 24.2. The van der Waals surface area contributed by atoms with E-state index >= 15 is 0 Å². The largest absolute Gasteiger partial charge is 0.476 e. The first-order chi connectivity index (χ1) is 8.83. The molecule has 10 heteroatoms.